The summed E-state index contributed by atoms with van der Waals surface area (Å²) in [6.45, 7) is 4.10. The van der Waals surface area contributed by atoms with Gasteiger partial charge in [0.2, 0.25) is 0 Å². The summed E-state index contributed by atoms with van der Waals surface area (Å²) in [4.78, 5) is 29.4. The first-order valence-corrected chi connectivity index (χ1v) is 8.31. The number of pyridine rings is 1. The number of hydrogen-bond donors (Lipinski definition) is 0. The number of aromatic nitrogens is 1. The Morgan fingerprint density at radius 1 is 1.20 bits per heavy atom. The molecule has 0 N–H and O–H groups in total. The predicted molar refractivity (Wildman–Crippen MR) is 96.9 cm³/mol. The van der Waals surface area contributed by atoms with Gasteiger partial charge in [0.25, 0.3) is 5.91 Å². The van der Waals surface area contributed by atoms with Crippen molar-refractivity contribution in [3.63, 3.8) is 0 Å². The molecule has 0 atom stereocenters. The molecule has 0 aliphatic rings. The van der Waals surface area contributed by atoms with E-state index in [4.69, 9.17) is 27.9 Å². The smallest absolute Gasteiger partial charge is 0.340 e. The van der Waals surface area contributed by atoms with Gasteiger partial charge < -0.3 is 9.64 Å². The molecule has 0 saturated heterocycles. The van der Waals surface area contributed by atoms with Crippen molar-refractivity contribution in [2.45, 2.75) is 20.4 Å². The quantitative estimate of drug-likeness (QED) is 0.584. The summed E-state index contributed by atoms with van der Waals surface area (Å²) in [5, 5.41) is 0.247. The predicted octanol–water partition coefficient (Wildman–Crippen LogP) is 3.82. The Morgan fingerprint density at radius 2 is 1.92 bits per heavy atom. The van der Waals surface area contributed by atoms with Crippen molar-refractivity contribution in [2.24, 2.45) is 0 Å². The summed E-state index contributed by atoms with van der Waals surface area (Å²) >= 11 is 11.5. The Morgan fingerprint density at radius 3 is 2.56 bits per heavy atom. The number of carbonyl (C=O) groups excluding carboxylic acids is 2. The van der Waals surface area contributed by atoms with Crippen molar-refractivity contribution in [2.75, 3.05) is 13.7 Å². The highest BCUT2D eigenvalue weighted by atomic mass is 35.5. The lowest BCUT2D eigenvalue weighted by Gasteiger charge is -2.18. The minimum absolute atomic E-state index is 0.0995. The van der Waals surface area contributed by atoms with Crippen LogP contribution in [0.3, 0.4) is 0 Å². The molecule has 1 aromatic heterocycles. The number of nitrogens with zero attached hydrogens (tertiary/aromatic N) is 2. The highest BCUT2D eigenvalue weighted by molar-refractivity contribution is 6.41. The molecule has 132 valence electrons. The lowest BCUT2D eigenvalue weighted by molar-refractivity contribution is -0.133. The van der Waals surface area contributed by atoms with Gasteiger partial charge in [0, 0.05) is 19.8 Å². The Kier molecular flexibility index (Phi) is 6.39. The van der Waals surface area contributed by atoms with Gasteiger partial charge in [0.15, 0.2) is 6.61 Å². The Hall–Kier alpha value is -2.11. The third kappa shape index (κ3) is 5.18. The van der Waals surface area contributed by atoms with E-state index in [1.54, 1.807) is 7.05 Å². The van der Waals surface area contributed by atoms with E-state index in [2.05, 4.69) is 11.1 Å². The third-order valence-corrected chi connectivity index (χ3v) is 4.38. The standard InChI is InChI=1S/C18H18Cl2N2O3/c1-11-4-5-13(12(2)6-11)9-22(3)16(23)10-25-18(24)14-7-15(19)17(20)21-8-14/h4-8H,9-10H2,1-3H3. The summed E-state index contributed by atoms with van der Waals surface area (Å²) in [5.41, 5.74) is 3.46. The zero-order valence-electron chi connectivity index (χ0n) is 14.2. The fourth-order valence-electron chi connectivity index (χ4n) is 2.22. The summed E-state index contributed by atoms with van der Waals surface area (Å²) in [6, 6.07) is 7.40. The van der Waals surface area contributed by atoms with Gasteiger partial charge in [-0.2, -0.15) is 0 Å². The van der Waals surface area contributed by atoms with E-state index in [1.807, 2.05) is 26.0 Å². The topological polar surface area (TPSA) is 59.5 Å². The van der Waals surface area contributed by atoms with Gasteiger partial charge >= 0.3 is 5.97 Å². The van der Waals surface area contributed by atoms with Gasteiger partial charge in [0.1, 0.15) is 5.15 Å². The molecule has 7 heteroatoms. The monoisotopic (exact) mass is 380 g/mol. The van der Waals surface area contributed by atoms with Crippen LogP contribution in [-0.4, -0.2) is 35.4 Å². The molecular weight excluding hydrogens is 363 g/mol. The van der Waals surface area contributed by atoms with Crippen molar-refractivity contribution in [1.82, 2.24) is 9.88 Å². The normalized spacial score (nSPS) is 10.4. The fraction of sp³-hybridized carbons (Fsp3) is 0.278. The van der Waals surface area contributed by atoms with E-state index < -0.39 is 5.97 Å². The molecule has 1 amide bonds. The number of rotatable bonds is 5. The number of likely N-dealkylation sites (N-methyl/N-ethyl adjacent to an activating group) is 1. The number of aryl methyl sites for hydroxylation is 2. The molecule has 0 saturated carbocycles. The van der Waals surface area contributed by atoms with Crippen LogP contribution in [0.1, 0.15) is 27.0 Å². The van der Waals surface area contributed by atoms with Crippen molar-refractivity contribution >= 4 is 35.1 Å². The van der Waals surface area contributed by atoms with Crippen molar-refractivity contribution in [3.8, 4) is 0 Å². The number of amides is 1. The molecule has 1 aromatic carbocycles. The number of carbonyl (C=O) groups is 2. The zero-order chi connectivity index (χ0) is 18.6. The molecule has 1 heterocycles. The lowest BCUT2D eigenvalue weighted by Crippen LogP contribution is -2.31. The molecule has 5 nitrogen and oxygen atoms in total. The van der Waals surface area contributed by atoms with Crippen LogP contribution in [0.15, 0.2) is 30.5 Å². The minimum Gasteiger partial charge on any atom is -0.452 e. The van der Waals surface area contributed by atoms with Crippen LogP contribution < -0.4 is 0 Å². The summed E-state index contributed by atoms with van der Waals surface area (Å²) in [7, 11) is 1.66. The zero-order valence-corrected chi connectivity index (χ0v) is 15.7. The van der Waals surface area contributed by atoms with Gasteiger partial charge in [-0.25, -0.2) is 9.78 Å². The second-order valence-corrected chi connectivity index (χ2v) is 6.52. The fourth-order valence-corrected chi connectivity index (χ4v) is 2.49. The van der Waals surface area contributed by atoms with Crippen LogP contribution in [0.2, 0.25) is 10.2 Å². The van der Waals surface area contributed by atoms with Gasteiger partial charge in [-0.15, -0.1) is 0 Å². The number of benzene rings is 1. The maximum atomic E-state index is 12.2. The first kappa shape index (κ1) is 19.2. The van der Waals surface area contributed by atoms with Crippen LogP contribution in [0.25, 0.3) is 0 Å². The number of ether oxygens (including phenoxy) is 1. The molecule has 0 unspecified atom stereocenters. The van der Waals surface area contributed by atoms with Gasteiger partial charge in [-0.1, -0.05) is 47.0 Å². The van der Waals surface area contributed by atoms with Crippen molar-refractivity contribution in [1.29, 1.82) is 0 Å². The van der Waals surface area contributed by atoms with Crippen molar-refractivity contribution in [3.05, 3.63) is 62.9 Å². The van der Waals surface area contributed by atoms with Crippen LogP contribution in [0.4, 0.5) is 0 Å². The van der Waals surface area contributed by atoms with Crippen LogP contribution >= 0.6 is 23.2 Å². The van der Waals surface area contributed by atoms with Gasteiger partial charge in [-0.05, 0) is 31.0 Å². The Balaban J connectivity index is 1.92. The average molecular weight is 381 g/mol. The van der Waals surface area contributed by atoms with Crippen LogP contribution in [0.5, 0.6) is 0 Å². The molecule has 2 rings (SSSR count). The van der Waals surface area contributed by atoms with E-state index in [9.17, 15) is 9.59 Å². The molecule has 25 heavy (non-hydrogen) atoms. The summed E-state index contributed by atoms with van der Waals surface area (Å²) in [5.74, 6) is -0.985. The van der Waals surface area contributed by atoms with Crippen LogP contribution in [-0.2, 0) is 16.1 Å². The highest BCUT2D eigenvalue weighted by Gasteiger charge is 2.15. The van der Waals surface area contributed by atoms with E-state index in [1.165, 1.54) is 22.7 Å². The average Bonchev–Trinajstić information content (AvgIpc) is 2.57. The molecule has 0 radical (unpaired) electrons. The lowest BCUT2D eigenvalue weighted by atomic mass is 10.1. The molecule has 0 aliphatic carbocycles. The molecule has 0 spiro atoms. The molecular formula is C18H18Cl2N2O3. The van der Waals surface area contributed by atoms with E-state index in [0.717, 1.165) is 11.1 Å². The molecule has 0 aliphatic heterocycles. The highest BCUT2D eigenvalue weighted by Crippen LogP contribution is 2.20. The van der Waals surface area contributed by atoms with Gasteiger partial charge in [-0.3, -0.25) is 4.79 Å². The molecule has 0 fully saturated rings. The third-order valence-electron chi connectivity index (χ3n) is 3.69. The number of hydrogen-bond acceptors (Lipinski definition) is 4. The minimum atomic E-state index is -0.681. The first-order chi connectivity index (χ1) is 11.8. The van der Waals surface area contributed by atoms with E-state index >= 15 is 0 Å². The van der Waals surface area contributed by atoms with E-state index in [0.29, 0.717) is 6.54 Å². The Bertz CT molecular complexity index is 809. The number of halogens is 2. The van der Waals surface area contributed by atoms with Crippen molar-refractivity contribution < 1.29 is 14.3 Å². The molecule has 0 bridgehead atoms. The maximum absolute atomic E-state index is 12.2. The largest absolute Gasteiger partial charge is 0.452 e. The molecule has 2 aromatic rings. The first-order valence-electron chi connectivity index (χ1n) is 7.56. The summed E-state index contributed by atoms with van der Waals surface area (Å²) in [6.07, 6.45) is 1.25. The summed E-state index contributed by atoms with van der Waals surface area (Å²) < 4.78 is 5.02. The maximum Gasteiger partial charge on any atom is 0.340 e. The van der Waals surface area contributed by atoms with E-state index in [-0.39, 0.29) is 28.3 Å². The number of esters is 1. The second kappa shape index (κ2) is 8.32. The van der Waals surface area contributed by atoms with Gasteiger partial charge in [0.05, 0.1) is 10.6 Å². The Labute approximate surface area is 156 Å². The van der Waals surface area contributed by atoms with Crippen LogP contribution in [0, 0.1) is 13.8 Å². The second-order valence-electron chi connectivity index (χ2n) is 5.75. The SMILES string of the molecule is Cc1ccc(CN(C)C(=O)COC(=O)c2cnc(Cl)c(Cl)c2)c(C)c1.